The maximum Gasteiger partial charge on any atom is 0.295 e. The van der Waals surface area contributed by atoms with Gasteiger partial charge in [-0.2, -0.15) is 0 Å². The molecule has 1 aliphatic heterocycles. The fourth-order valence-corrected chi connectivity index (χ4v) is 4.18. The summed E-state index contributed by atoms with van der Waals surface area (Å²) in [5.74, 6) is -0.806. The van der Waals surface area contributed by atoms with E-state index in [1.165, 1.54) is 4.90 Å². The molecule has 1 aliphatic rings. The van der Waals surface area contributed by atoms with Gasteiger partial charge in [-0.1, -0.05) is 45.0 Å². The van der Waals surface area contributed by atoms with Crippen molar-refractivity contribution in [3.05, 3.63) is 70.3 Å². The van der Waals surface area contributed by atoms with E-state index >= 15 is 0 Å². The van der Waals surface area contributed by atoms with Gasteiger partial charge in [0, 0.05) is 25.8 Å². The lowest BCUT2D eigenvalue weighted by Crippen LogP contribution is -2.31. The summed E-state index contributed by atoms with van der Waals surface area (Å²) in [4.78, 5) is 27.7. The number of aliphatic hydroxyl groups excluding tert-OH is 1. The van der Waals surface area contributed by atoms with Crippen molar-refractivity contribution >= 4 is 17.4 Å². The van der Waals surface area contributed by atoms with E-state index in [0.29, 0.717) is 30.9 Å². The van der Waals surface area contributed by atoms with Crippen LogP contribution in [0.15, 0.2) is 48.0 Å². The summed E-state index contributed by atoms with van der Waals surface area (Å²) in [5.41, 5.74) is 3.26. The van der Waals surface area contributed by atoms with Gasteiger partial charge in [0.2, 0.25) is 0 Å². The van der Waals surface area contributed by atoms with Crippen LogP contribution in [-0.2, 0) is 19.7 Å². The molecule has 0 aromatic heterocycles. The van der Waals surface area contributed by atoms with E-state index in [4.69, 9.17) is 9.47 Å². The average molecular weight is 452 g/mol. The van der Waals surface area contributed by atoms with Crippen molar-refractivity contribution in [1.82, 2.24) is 4.90 Å². The first-order valence-electron chi connectivity index (χ1n) is 11.1. The zero-order valence-corrected chi connectivity index (χ0v) is 20.3. The molecule has 1 atom stereocenters. The summed E-state index contributed by atoms with van der Waals surface area (Å²) in [6, 6.07) is 12.5. The smallest absolute Gasteiger partial charge is 0.295 e. The number of likely N-dealkylation sites (tertiary alicyclic amines) is 1. The summed E-state index contributed by atoms with van der Waals surface area (Å²) in [6.07, 6.45) is 0.585. The van der Waals surface area contributed by atoms with Crippen LogP contribution in [0.5, 0.6) is 5.75 Å². The Morgan fingerprint density at radius 1 is 1.06 bits per heavy atom. The standard InChI is InChI=1S/C27H33NO5/c1-17-16-20(33-6)12-13-21(17)24(29)22-23(18-8-10-19(11-9-18)27(2,3)4)28(14-7-15-32-5)26(31)25(22)30/h8-13,16,23,29H,7,14-15H2,1-6H3/b24-22+. The molecular formula is C27H33NO5. The largest absolute Gasteiger partial charge is 0.507 e. The van der Waals surface area contributed by atoms with Crippen LogP contribution in [0.1, 0.15) is 55.5 Å². The van der Waals surface area contributed by atoms with Crippen LogP contribution in [0.3, 0.4) is 0 Å². The SMILES string of the molecule is COCCCN1C(=O)C(=O)/C(=C(/O)c2ccc(OC)cc2C)C1c1ccc(C(C)(C)C)cc1. The Morgan fingerprint density at radius 2 is 1.73 bits per heavy atom. The molecule has 1 heterocycles. The van der Waals surface area contributed by atoms with E-state index in [1.807, 2.05) is 31.2 Å². The zero-order chi connectivity index (χ0) is 24.3. The van der Waals surface area contributed by atoms with Gasteiger partial charge in [0.05, 0.1) is 18.7 Å². The van der Waals surface area contributed by atoms with E-state index in [9.17, 15) is 14.7 Å². The maximum absolute atomic E-state index is 13.1. The quantitative estimate of drug-likeness (QED) is 0.284. The fourth-order valence-electron chi connectivity index (χ4n) is 4.18. The molecule has 0 radical (unpaired) electrons. The average Bonchev–Trinajstić information content (AvgIpc) is 3.03. The summed E-state index contributed by atoms with van der Waals surface area (Å²) in [7, 11) is 3.17. The van der Waals surface area contributed by atoms with Gasteiger partial charge < -0.3 is 19.5 Å². The Balaban J connectivity index is 2.14. The monoisotopic (exact) mass is 451 g/mol. The summed E-state index contributed by atoms with van der Waals surface area (Å²) in [6.45, 7) is 9.04. The molecule has 1 saturated heterocycles. The maximum atomic E-state index is 13.1. The fraction of sp³-hybridized carbons (Fsp3) is 0.407. The van der Waals surface area contributed by atoms with E-state index in [1.54, 1.807) is 32.4 Å². The van der Waals surface area contributed by atoms with Gasteiger partial charge in [-0.05, 0) is 53.6 Å². The molecule has 6 heteroatoms. The molecule has 0 aliphatic carbocycles. The minimum Gasteiger partial charge on any atom is -0.507 e. The molecule has 33 heavy (non-hydrogen) atoms. The number of rotatable bonds is 7. The highest BCUT2D eigenvalue weighted by Crippen LogP contribution is 2.40. The number of methoxy groups -OCH3 is 2. The van der Waals surface area contributed by atoms with Gasteiger partial charge in [-0.3, -0.25) is 9.59 Å². The van der Waals surface area contributed by atoms with Crippen LogP contribution >= 0.6 is 0 Å². The lowest BCUT2D eigenvalue weighted by Gasteiger charge is -2.26. The Kier molecular flexibility index (Phi) is 7.28. The Morgan fingerprint density at radius 3 is 2.27 bits per heavy atom. The topological polar surface area (TPSA) is 76.1 Å². The lowest BCUT2D eigenvalue weighted by molar-refractivity contribution is -0.140. The second-order valence-corrected chi connectivity index (χ2v) is 9.39. The molecule has 0 bridgehead atoms. The van der Waals surface area contributed by atoms with Crippen molar-refractivity contribution in [2.45, 2.75) is 45.6 Å². The summed E-state index contributed by atoms with van der Waals surface area (Å²) in [5, 5.41) is 11.3. The Bertz CT molecular complexity index is 1060. The summed E-state index contributed by atoms with van der Waals surface area (Å²) >= 11 is 0. The van der Waals surface area contributed by atoms with Crippen molar-refractivity contribution in [3.63, 3.8) is 0 Å². The minimum absolute atomic E-state index is 0.0288. The molecule has 176 valence electrons. The van der Waals surface area contributed by atoms with Crippen LogP contribution in [0.4, 0.5) is 0 Å². The van der Waals surface area contributed by atoms with Crippen molar-refractivity contribution in [2.75, 3.05) is 27.4 Å². The van der Waals surface area contributed by atoms with Gasteiger partial charge in [0.25, 0.3) is 11.7 Å². The van der Waals surface area contributed by atoms with Crippen molar-refractivity contribution in [3.8, 4) is 5.75 Å². The predicted molar refractivity (Wildman–Crippen MR) is 128 cm³/mol. The predicted octanol–water partition coefficient (Wildman–Crippen LogP) is 4.76. The number of aryl methyl sites for hydroxylation is 1. The molecule has 1 amide bonds. The van der Waals surface area contributed by atoms with Crippen LogP contribution < -0.4 is 4.74 Å². The Labute approximate surface area is 195 Å². The van der Waals surface area contributed by atoms with Crippen LogP contribution in [0, 0.1) is 6.92 Å². The number of Topliss-reactive ketones (excluding diaryl/α,β-unsaturated/α-hetero) is 1. The third kappa shape index (κ3) is 4.96. The normalized spacial score (nSPS) is 18.1. The third-order valence-corrected chi connectivity index (χ3v) is 6.07. The van der Waals surface area contributed by atoms with Gasteiger partial charge in [0.15, 0.2) is 0 Å². The summed E-state index contributed by atoms with van der Waals surface area (Å²) < 4.78 is 10.4. The van der Waals surface area contributed by atoms with E-state index in [-0.39, 0.29) is 16.7 Å². The highest BCUT2D eigenvalue weighted by molar-refractivity contribution is 6.46. The van der Waals surface area contributed by atoms with Gasteiger partial charge in [-0.15, -0.1) is 0 Å². The zero-order valence-electron chi connectivity index (χ0n) is 20.3. The first kappa shape index (κ1) is 24.5. The molecular weight excluding hydrogens is 418 g/mol. The second kappa shape index (κ2) is 9.79. The van der Waals surface area contributed by atoms with E-state index in [0.717, 1.165) is 16.7 Å². The van der Waals surface area contributed by atoms with Gasteiger partial charge in [-0.25, -0.2) is 0 Å². The number of amides is 1. The molecule has 6 nitrogen and oxygen atoms in total. The number of carbonyl (C=O) groups excluding carboxylic acids is 2. The number of benzene rings is 2. The number of hydrogen-bond donors (Lipinski definition) is 1. The Hall–Kier alpha value is -3.12. The van der Waals surface area contributed by atoms with Crippen molar-refractivity contribution in [2.24, 2.45) is 0 Å². The third-order valence-electron chi connectivity index (χ3n) is 6.07. The molecule has 0 spiro atoms. The lowest BCUT2D eigenvalue weighted by atomic mass is 9.85. The number of ether oxygens (including phenoxy) is 2. The number of ketones is 1. The first-order valence-corrected chi connectivity index (χ1v) is 11.1. The van der Waals surface area contributed by atoms with E-state index in [2.05, 4.69) is 20.8 Å². The minimum atomic E-state index is -0.676. The molecule has 2 aromatic carbocycles. The van der Waals surface area contributed by atoms with Gasteiger partial charge in [0.1, 0.15) is 11.5 Å². The molecule has 1 unspecified atom stereocenters. The van der Waals surface area contributed by atoms with Crippen LogP contribution in [-0.4, -0.2) is 49.1 Å². The van der Waals surface area contributed by atoms with Crippen molar-refractivity contribution in [1.29, 1.82) is 0 Å². The highest BCUT2D eigenvalue weighted by atomic mass is 16.5. The number of hydrogen-bond acceptors (Lipinski definition) is 5. The van der Waals surface area contributed by atoms with Crippen molar-refractivity contribution < 1.29 is 24.2 Å². The molecule has 1 N–H and O–H groups in total. The highest BCUT2D eigenvalue weighted by Gasteiger charge is 2.46. The molecule has 0 saturated carbocycles. The molecule has 2 aromatic rings. The van der Waals surface area contributed by atoms with Gasteiger partial charge >= 0.3 is 0 Å². The van der Waals surface area contributed by atoms with Crippen LogP contribution in [0.25, 0.3) is 5.76 Å². The second-order valence-electron chi connectivity index (χ2n) is 9.39. The van der Waals surface area contributed by atoms with E-state index < -0.39 is 17.7 Å². The number of aliphatic hydroxyl groups is 1. The first-order chi connectivity index (χ1) is 15.6. The van der Waals surface area contributed by atoms with Crippen LogP contribution in [0.2, 0.25) is 0 Å². The molecule has 3 rings (SSSR count). The number of nitrogens with zero attached hydrogens (tertiary/aromatic N) is 1. The molecule has 1 fully saturated rings. The number of carbonyl (C=O) groups is 2.